The van der Waals surface area contributed by atoms with Gasteiger partial charge in [-0.05, 0) is 25.6 Å². The van der Waals surface area contributed by atoms with Gasteiger partial charge in [0.2, 0.25) is 6.10 Å². The van der Waals surface area contributed by atoms with Crippen LogP contribution in [0.4, 0.5) is 0 Å². The topological polar surface area (TPSA) is 59.6 Å². The van der Waals surface area contributed by atoms with Crippen molar-refractivity contribution < 1.29 is 14.3 Å². The Balaban J connectivity index is 0.00000200. The highest BCUT2D eigenvalue weighted by atomic mass is 35.5. The molecule has 5 nitrogen and oxygen atoms in total. The van der Waals surface area contributed by atoms with E-state index in [1.165, 1.54) is 0 Å². The highest BCUT2D eigenvalue weighted by molar-refractivity contribution is 5.85. The van der Waals surface area contributed by atoms with E-state index in [0.717, 1.165) is 13.1 Å². The number of nitrogens with one attached hydrogen (secondary N) is 2. The number of amides is 1. The molecule has 1 amide bonds. The van der Waals surface area contributed by atoms with E-state index < -0.39 is 6.10 Å². The van der Waals surface area contributed by atoms with Crippen molar-refractivity contribution in [2.24, 2.45) is 0 Å². The maximum absolute atomic E-state index is 12.0. The van der Waals surface area contributed by atoms with Gasteiger partial charge in [-0.15, -0.1) is 12.4 Å². The van der Waals surface area contributed by atoms with Crippen molar-refractivity contribution in [2.75, 3.05) is 19.6 Å². The molecule has 1 aromatic carbocycles. The van der Waals surface area contributed by atoms with Crippen LogP contribution in [-0.2, 0) is 4.79 Å². The molecule has 0 saturated heterocycles. The Hall–Kier alpha value is -1.46. The monoisotopic (exact) mass is 300 g/mol. The number of likely N-dealkylation sites (N-methyl/N-ethyl adjacent to an activating group) is 1. The molecular weight excluding hydrogens is 280 g/mol. The number of rotatable bonds is 5. The Morgan fingerprint density at radius 1 is 1.20 bits per heavy atom. The number of fused-ring (bicyclic) bond motifs is 1. The van der Waals surface area contributed by atoms with Gasteiger partial charge in [-0.25, -0.2) is 0 Å². The van der Waals surface area contributed by atoms with Crippen LogP contribution in [0.2, 0.25) is 0 Å². The predicted molar refractivity (Wildman–Crippen MR) is 79.7 cm³/mol. The fourth-order valence-electron chi connectivity index (χ4n) is 1.96. The molecule has 112 valence electrons. The molecule has 0 aliphatic carbocycles. The van der Waals surface area contributed by atoms with Gasteiger partial charge < -0.3 is 20.1 Å². The van der Waals surface area contributed by atoms with E-state index in [1.807, 2.05) is 32.0 Å². The van der Waals surface area contributed by atoms with Crippen LogP contribution in [0.25, 0.3) is 0 Å². The quantitative estimate of drug-likeness (QED) is 0.806. The van der Waals surface area contributed by atoms with E-state index in [1.54, 1.807) is 6.07 Å². The van der Waals surface area contributed by atoms with Crippen LogP contribution in [0.5, 0.6) is 11.5 Å². The zero-order chi connectivity index (χ0) is 13.7. The Morgan fingerprint density at radius 3 is 2.50 bits per heavy atom. The van der Waals surface area contributed by atoms with Crippen LogP contribution in [0.15, 0.2) is 24.3 Å². The average Bonchev–Trinajstić information content (AvgIpc) is 2.42. The minimum Gasteiger partial charge on any atom is -0.482 e. The second-order valence-electron chi connectivity index (χ2n) is 4.45. The van der Waals surface area contributed by atoms with E-state index in [0.29, 0.717) is 18.0 Å². The molecule has 0 bridgehead atoms. The first-order valence-corrected chi connectivity index (χ1v) is 6.63. The molecule has 2 rings (SSSR count). The Kier molecular flexibility index (Phi) is 6.61. The molecule has 2 N–H and O–H groups in total. The number of hydrogen-bond donors (Lipinski definition) is 2. The normalized spacial score (nSPS) is 19.9. The van der Waals surface area contributed by atoms with Gasteiger partial charge in [0, 0.05) is 13.1 Å². The Morgan fingerprint density at radius 2 is 1.85 bits per heavy atom. The molecule has 2 atom stereocenters. The predicted octanol–water partition coefficient (Wildman–Crippen LogP) is 1.36. The summed E-state index contributed by atoms with van der Waals surface area (Å²) in [7, 11) is 0. The summed E-state index contributed by atoms with van der Waals surface area (Å²) in [5.41, 5.74) is 0. The van der Waals surface area contributed by atoms with E-state index in [-0.39, 0.29) is 24.4 Å². The van der Waals surface area contributed by atoms with Crippen molar-refractivity contribution in [3.8, 4) is 11.5 Å². The molecule has 6 heteroatoms. The van der Waals surface area contributed by atoms with Gasteiger partial charge in [0.15, 0.2) is 11.5 Å². The molecule has 0 spiro atoms. The highest BCUT2D eigenvalue weighted by Crippen LogP contribution is 2.33. The van der Waals surface area contributed by atoms with Crippen LogP contribution in [-0.4, -0.2) is 37.7 Å². The number of carbonyl (C=O) groups excluding carboxylic acids is 1. The second-order valence-corrected chi connectivity index (χ2v) is 4.45. The fourth-order valence-corrected chi connectivity index (χ4v) is 1.96. The number of halogens is 1. The van der Waals surface area contributed by atoms with Crippen LogP contribution >= 0.6 is 12.4 Å². The Bertz CT molecular complexity index is 442. The maximum atomic E-state index is 12.0. The van der Waals surface area contributed by atoms with Gasteiger partial charge in [0.25, 0.3) is 5.91 Å². The van der Waals surface area contributed by atoms with Crippen molar-refractivity contribution in [3.05, 3.63) is 24.3 Å². The maximum Gasteiger partial charge on any atom is 0.265 e. The first-order valence-electron chi connectivity index (χ1n) is 6.63. The minimum atomic E-state index is -0.600. The van der Waals surface area contributed by atoms with Crippen molar-refractivity contribution in [2.45, 2.75) is 26.1 Å². The number of para-hydroxylation sites is 2. The Labute approximate surface area is 125 Å². The average molecular weight is 301 g/mol. The molecule has 1 aromatic rings. The second kappa shape index (κ2) is 7.97. The van der Waals surface area contributed by atoms with Gasteiger partial charge in [-0.3, -0.25) is 4.79 Å². The summed E-state index contributed by atoms with van der Waals surface area (Å²) in [6.45, 7) is 6.09. The molecule has 20 heavy (non-hydrogen) atoms. The smallest absolute Gasteiger partial charge is 0.265 e. The third-order valence-electron chi connectivity index (χ3n) is 2.95. The lowest BCUT2D eigenvalue weighted by atomic mass is 10.1. The van der Waals surface area contributed by atoms with E-state index >= 15 is 0 Å². The lowest BCUT2D eigenvalue weighted by Gasteiger charge is -2.31. The largest absolute Gasteiger partial charge is 0.482 e. The SMILES string of the molecule is CCNCCNC(=O)C1Oc2ccccc2OC1C.Cl. The van der Waals surface area contributed by atoms with Crippen LogP contribution in [0, 0.1) is 0 Å². The molecule has 0 aromatic heterocycles. The van der Waals surface area contributed by atoms with Crippen molar-refractivity contribution in [1.82, 2.24) is 10.6 Å². The van der Waals surface area contributed by atoms with Gasteiger partial charge >= 0.3 is 0 Å². The first-order chi connectivity index (χ1) is 9.22. The summed E-state index contributed by atoms with van der Waals surface area (Å²) in [6.07, 6.45) is -0.898. The van der Waals surface area contributed by atoms with E-state index in [2.05, 4.69) is 10.6 Å². The number of ether oxygens (including phenoxy) is 2. The van der Waals surface area contributed by atoms with E-state index in [9.17, 15) is 4.79 Å². The summed E-state index contributed by atoms with van der Waals surface area (Å²) in [5, 5.41) is 5.99. The van der Waals surface area contributed by atoms with Crippen LogP contribution < -0.4 is 20.1 Å². The zero-order valence-electron chi connectivity index (χ0n) is 11.7. The zero-order valence-corrected chi connectivity index (χ0v) is 12.5. The molecule has 0 saturated carbocycles. The minimum absolute atomic E-state index is 0. The molecule has 2 unspecified atom stereocenters. The summed E-state index contributed by atoms with van der Waals surface area (Å²) in [5.74, 6) is 1.17. The van der Waals surface area contributed by atoms with Crippen LogP contribution in [0.3, 0.4) is 0 Å². The van der Waals surface area contributed by atoms with E-state index in [4.69, 9.17) is 9.47 Å². The number of carbonyl (C=O) groups is 1. The molecule has 1 heterocycles. The fraction of sp³-hybridized carbons (Fsp3) is 0.500. The summed E-state index contributed by atoms with van der Waals surface area (Å²) in [4.78, 5) is 12.0. The lowest BCUT2D eigenvalue weighted by molar-refractivity contribution is -0.133. The standard InChI is InChI=1S/C14H20N2O3.ClH/c1-3-15-8-9-16-14(17)13-10(2)18-11-6-4-5-7-12(11)19-13;/h4-7,10,13,15H,3,8-9H2,1-2H3,(H,16,17);1H. The molecular formula is C14H21ClN2O3. The lowest BCUT2D eigenvalue weighted by Crippen LogP contribution is -2.50. The number of benzene rings is 1. The van der Waals surface area contributed by atoms with Gasteiger partial charge in [-0.1, -0.05) is 19.1 Å². The molecule has 1 aliphatic rings. The van der Waals surface area contributed by atoms with Crippen molar-refractivity contribution >= 4 is 18.3 Å². The number of hydrogen-bond acceptors (Lipinski definition) is 4. The molecule has 1 aliphatic heterocycles. The van der Waals surface area contributed by atoms with Crippen LogP contribution in [0.1, 0.15) is 13.8 Å². The van der Waals surface area contributed by atoms with Gasteiger partial charge in [0.1, 0.15) is 6.10 Å². The molecule has 0 radical (unpaired) electrons. The van der Waals surface area contributed by atoms with Gasteiger partial charge in [-0.2, -0.15) is 0 Å². The van der Waals surface area contributed by atoms with Gasteiger partial charge in [0.05, 0.1) is 0 Å². The summed E-state index contributed by atoms with van der Waals surface area (Å²) in [6, 6.07) is 7.38. The molecule has 0 fully saturated rings. The van der Waals surface area contributed by atoms with Crippen molar-refractivity contribution in [1.29, 1.82) is 0 Å². The third kappa shape index (κ3) is 4.02. The third-order valence-corrected chi connectivity index (χ3v) is 2.95. The highest BCUT2D eigenvalue weighted by Gasteiger charge is 2.33. The summed E-state index contributed by atoms with van der Waals surface area (Å²) >= 11 is 0. The summed E-state index contributed by atoms with van der Waals surface area (Å²) < 4.78 is 11.4. The first kappa shape index (κ1) is 16.6. The van der Waals surface area contributed by atoms with Crippen molar-refractivity contribution in [3.63, 3.8) is 0 Å².